The number of carbonyl (C=O) groups is 1. The zero-order valence-electron chi connectivity index (χ0n) is 11.9. The van der Waals surface area contributed by atoms with E-state index in [1.165, 1.54) is 11.1 Å². The van der Waals surface area contributed by atoms with Gasteiger partial charge in [0.2, 0.25) is 5.91 Å². The monoisotopic (exact) mass is 260 g/mol. The van der Waals surface area contributed by atoms with Gasteiger partial charge in [0.25, 0.3) is 0 Å². The van der Waals surface area contributed by atoms with Gasteiger partial charge in [0.1, 0.15) is 0 Å². The molecule has 104 valence electrons. The molecule has 0 saturated carbocycles. The minimum atomic E-state index is 0.181. The Morgan fingerprint density at radius 1 is 1.47 bits per heavy atom. The number of hydrogen-bond acceptors (Lipinski definition) is 2. The van der Waals surface area contributed by atoms with Gasteiger partial charge in [0.05, 0.1) is 0 Å². The number of piperidine rings is 1. The predicted molar refractivity (Wildman–Crippen MR) is 78.1 cm³/mol. The average molecular weight is 260 g/mol. The molecule has 0 aliphatic carbocycles. The Bertz CT molecular complexity index is 431. The van der Waals surface area contributed by atoms with E-state index in [0.717, 1.165) is 25.9 Å². The van der Waals surface area contributed by atoms with Crippen molar-refractivity contribution in [3.8, 4) is 0 Å². The molecule has 1 amide bonds. The van der Waals surface area contributed by atoms with Crippen LogP contribution in [0.5, 0.6) is 0 Å². The second kappa shape index (κ2) is 6.71. The number of benzene rings is 1. The normalized spacial score (nSPS) is 23.1. The topological polar surface area (TPSA) is 41.1 Å². The van der Waals surface area contributed by atoms with Crippen LogP contribution in [0.2, 0.25) is 0 Å². The van der Waals surface area contributed by atoms with E-state index in [1.807, 2.05) is 0 Å². The SMILES string of the molecule is Cc1cccc(CCC(=O)NC2CCNCC2C)c1. The fourth-order valence-corrected chi connectivity index (χ4v) is 2.63. The highest BCUT2D eigenvalue weighted by atomic mass is 16.1. The minimum Gasteiger partial charge on any atom is -0.353 e. The van der Waals surface area contributed by atoms with Crippen molar-refractivity contribution in [1.82, 2.24) is 10.6 Å². The van der Waals surface area contributed by atoms with Crippen molar-refractivity contribution in [1.29, 1.82) is 0 Å². The minimum absolute atomic E-state index is 0.181. The summed E-state index contributed by atoms with van der Waals surface area (Å²) in [4.78, 5) is 12.0. The highest BCUT2D eigenvalue weighted by Crippen LogP contribution is 2.11. The van der Waals surface area contributed by atoms with Crippen LogP contribution in [-0.4, -0.2) is 25.0 Å². The van der Waals surface area contributed by atoms with Crippen LogP contribution in [0.1, 0.15) is 30.9 Å². The number of nitrogens with one attached hydrogen (secondary N) is 2. The summed E-state index contributed by atoms with van der Waals surface area (Å²) >= 11 is 0. The number of carbonyl (C=O) groups excluding carboxylic acids is 1. The van der Waals surface area contributed by atoms with Gasteiger partial charge < -0.3 is 10.6 Å². The smallest absolute Gasteiger partial charge is 0.220 e. The van der Waals surface area contributed by atoms with Gasteiger partial charge in [0.15, 0.2) is 0 Å². The Labute approximate surface area is 115 Å². The molecule has 2 N–H and O–H groups in total. The molecule has 1 aliphatic heterocycles. The van der Waals surface area contributed by atoms with E-state index >= 15 is 0 Å². The zero-order valence-corrected chi connectivity index (χ0v) is 11.9. The molecular formula is C16H24N2O. The van der Waals surface area contributed by atoms with Gasteiger partial charge in [0, 0.05) is 12.5 Å². The van der Waals surface area contributed by atoms with Gasteiger partial charge in [-0.1, -0.05) is 36.8 Å². The first kappa shape index (κ1) is 14.1. The maximum Gasteiger partial charge on any atom is 0.220 e. The van der Waals surface area contributed by atoms with Crippen LogP contribution in [0.25, 0.3) is 0 Å². The summed E-state index contributed by atoms with van der Waals surface area (Å²) in [7, 11) is 0. The summed E-state index contributed by atoms with van der Waals surface area (Å²) in [5.41, 5.74) is 2.50. The van der Waals surface area contributed by atoms with Crippen molar-refractivity contribution >= 4 is 5.91 Å². The van der Waals surface area contributed by atoms with E-state index in [2.05, 4.69) is 48.7 Å². The summed E-state index contributed by atoms with van der Waals surface area (Å²) < 4.78 is 0. The number of hydrogen-bond donors (Lipinski definition) is 2. The molecule has 1 saturated heterocycles. The molecule has 1 aliphatic rings. The van der Waals surface area contributed by atoms with Gasteiger partial charge in [-0.05, 0) is 44.3 Å². The maximum atomic E-state index is 12.0. The second-order valence-electron chi connectivity index (χ2n) is 5.63. The average Bonchev–Trinajstić information content (AvgIpc) is 2.39. The van der Waals surface area contributed by atoms with E-state index in [1.54, 1.807) is 0 Å². The molecule has 1 aromatic rings. The van der Waals surface area contributed by atoms with Crippen molar-refractivity contribution in [3.05, 3.63) is 35.4 Å². The summed E-state index contributed by atoms with van der Waals surface area (Å²) in [6.07, 6.45) is 2.45. The third kappa shape index (κ3) is 4.35. The van der Waals surface area contributed by atoms with Crippen LogP contribution >= 0.6 is 0 Å². The molecule has 0 aromatic heterocycles. The van der Waals surface area contributed by atoms with E-state index in [9.17, 15) is 4.79 Å². The van der Waals surface area contributed by atoms with Crippen molar-refractivity contribution in [2.24, 2.45) is 5.92 Å². The maximum absolute atomic E-state index is 12.0. The largest absolute Gasteiger partial charge is 0.353 e. The Kier molecular flexibility index (Phi) is 4.97. The van der Waals surface area contributed by atoms with Crippen LogP contribution in [0, 0.1) is 12.8 Å². The third-order valence-corrected chi connectivity index (χ3v) is 3.85. The molecule has 3 nitrogen and oxygen atoms in total. The quantitative estimate of drug-likeness (QED) is 0.870. The number of aryl methyl sites for hydroxylation is 2. The number of rotatable bonds is 4. The van der Waals surface area contributed by atoms with Crippen LogP contribution in [0.3, 0.4) is 0 Å². The first-order valence-corrected chi connectivity index (χ1v) is 7.21. The molecule has 1 aromatic carbocycles. The molecule has 2 atom stereocenters. The molecule has 2 rings (SSSR count). The molecule has 3 heteroatoms. The summed E-state index contributed by atoms with van der Waals surface area (Å²) in [6.45, 7) is 6.29. The van der Waals surface area contributed by atoms with Crippen molar-refractivity contribution in [2.45, 2.75) is 39.2 Å². The second-order valence-corrected chi connectivity index (χ2v) is 5.63. The van der Waals surface area contributed by atoms with Crippen LogP contribution in [0.4, 0.5) is 0 Å². The van der Waals surface area contributed by atoms with Crippen LogP contribution in [0.15, 0.2) is 24.3 Å². The van der Waals surface area contributed by atoms with Crippen LogP contribution in [-0.2, 0) is 11.2 Å². The lowest BCUT2D eigenvalue weighted by Crippen LogP contribution is -2.48. The van der Waals surface area contributed by atoms with Gasteiger partial charge in [-0.3, -0.25) is 4.79 Å². The Morgan fingerprint density at radius 2 is 2.32 bits per heavy atom. The lowest BCUT2D eigenvalue weighted by molar-refractivity contribution is -0.122. The molecule has 0 spiro atoms. The first-order valence-electron chi connectivity index (χ1n) is 7.21. The molecule has 0 radical (unpaired) electrons. The first-order chi connectivity index (χ1) is 9.15. The highest BCUT2D eigenvalue weighted by molar-refractivity contribution is 5.76. The number of amides is 1. The van der Waals surface area contributed by atoms with E-state index < -0.39 is 0 Å². The van der Waals surface area contributed by atoms with E-state index in [0.29, 0.717) is 18.4 Å². The molecule has 1 fully saturated rings. The molecule has 0 bridgehead atoms. The lowest BCUT2D eigenvalue weighted by Gasteiger charge is -2.30. The van der Waals surface area contributed by atoms with Crippen molar-refractivity contribution in [3.63, 3.8) is 0 Å². The fraction of sp³-hybridized carbons (Fsp3) is 0.562. The Balaban J connectivity index is 1.78. The predicted octanol–water partition coefficient (Wildman–Crippen LogP) is 2.04. The fourth-order valence-electron chi connectivity index (χ4n) is 2.63. The van der Waals surface area contributed by atoms with E-state index in [4.69, 9.17) is 0 Å². The van der Waals surface area contributed by atoms with Gasteiger partial charge in [-0.15, -0.1) is 0 Å². The summed E-state index contributed by atoms with van der Waals surface area (Å²) in [5, 5.41) is 6.53. The molecule has 19 heavy (non-hydrogen) atoms. The Morgan fingerprint density at radius 3 is 3.05 bits per heavy atom. The zero-order chi connectivity index (χ0) is 13.7. The van der Waals surface area contributed by atoms with Gasteiger partial charge in [-0.25, -0.2) is 0 Å². The van der Waals surface area contributed by atoms with Gasteiger partial charge in [-0.2, -0.15) is 0 Å². The van der Waals surface area contributed by atoms with Crippen molar-refractivity contribution in [2.75, 3.05) is 13.1 Å². The third-order valence-electron chi connectivity index (χ3n) is 3.85. The highest BCUT2D eigenvalue weighted by Gasteiger charge is 2.22. The van der Waals surface area contributed by atoms with Crippen molar-refractivity contribution < 1.29 is 4.79 Å². The summed E-state index contributed by atoms with van der Waals surface area (Å²) in [5.74, 6) is 0.705. The van der Waals surface area contributed by atoms with E-state index in [-0.39, 0.29) is 5.91 Å². The molecule has 1 heterocycles. The molecular weight excluding hydrogens is 236 g/mol. The lowest BCUT2D eigenvalue weighted by atomic mass is 9.95. The molecule has 2 unspecified atom stereocenters. The van der Waals surface area contributed by atoms with Gasteiger partial charge >= 0.3 is 0 Å². The summed E-state index contributed by atoms with van der Waals surface area (Å²) in [6, 6.07) is 8.72. The standard InChI is InChI=1S/C16H24N2O/c1-12-4-3-5-14(10-12)6-7-16(19)18-15-8-9-17-11-13(15)2/h3-5,10,13,15,17H,6-9,11H2,1-2H3,(H,18,19). The Hall–Kier alpha value is -1.35. The van der Waals surface area contributed by atoms with Crippen LogP contribution < -0.4 is 10.6 Å².